The summed E-state index contributed by atoms with van der Waals surface area (Å²) in [5, 5.41) is 5.83. The number of nitrogens with one attached hydrogen (secondary N) is 2. The lowest BCUT2D eigenvalue weighted by atomic mass is 10.0. The molecule has 1 amide bonds. The van der Waals surface area contributed by atoms with Gasteiger partial charge in [0, 0.05) is 13.1 Å². The highest BCUT2D eigenvalue weighted by atomic mass is 19.1. The number of carbonyl (C=O) groups is 1. The average Bonchev–Trinajstić information content (AvgIpc) is 2.99. The Labute approximate surface area is 126 Å². The summed E-state index contributed by atoms with van der Waals surface area (Å²) in [4.78, 5) is 12.2. The van der Waals surface area contributed by atoms with E-state index in [9.17, 15) is 9.18 Å². The van der Waals surface area contributed by atoms with Crippen molar-refractivity contribution < 1.29 is 9.18 Å². The number of anilines is 1. The van der Waals surface area contributed by atoms with Crippen molar-refractivity contribution in [2.24, 2.45) is 5.92 Å². The summed E-state index contributed by atoms with van der Waals surface area (Å²) in [6, 6.07) is 4.60. The van der Waals surface area contributed by atoms with Crippen LogP contribution in [0.25, 0.3) is 0 Å². The fraction of sp³-hybridized carbons (Fsp3) is 0.588. The van der Waals surface area contributed by atoms with E-state index in [1.165, 1.54) is 38.2 Å². The lowest BCUT2D eigenvalue weighted by molar-refractivity contribution is 0.0953. The Morgan fingerprint density at radius 1 is 1.33 bits per heavy atom. The second-order valence-electron chi connectivity index (χ2n) is 5.74. The Kier molecular flexibility index (Phi) is 6.03. The van der Waals surface area contributed by atoms with Crippen LogP contribution in [0.4, 0.5) is 10.1 Å². The quantitative estimate of drug-likeness (QED) is 0.747. The van der Waals surface area contributed by atoms with E-state index in [2.05, 4.69) is 10.6 Å². The number of hydrogen-bond donors (Lipinski definition) is 2. The van der Waals surface area contributed by atoms with Gasteiger partial charge in [-0.15, -0.1) is 0 Å². The second kappa shape index (κ2) is 8.01. The molecule has 0 atom stereocenters. The zero-order valence-corrected chi connectivity index (χ0v) is 12.8. The summed E-state index contributed by atoms with van der Waals surface area (Å²) in [6.07, 6.45) is 7.56. The fourth-order valence-electron chi connectivity index (χ4n) is 3.06. The van der Waals surface area contributed by atoms with Crippen molar-refractivity contribution in [2.45, 2.75) is 45.4 Å². The van der Waals surface area contributed by atoms with Crippen molar-refractivity contribution >= 4 is 11.6 Å². The van der Waals surface area contributed by atoms with Gasteiger partial charge in [0.05, 0.1) is 11.3 Å². The Balaban J connectivity index is 1.83. The number of benzene rings is 1. The Bertz CT molecular complexity index is 470. The van der Waals surface area contributed by atoms with Crippen LogP contribution >= 0.6 is 0 Å². The molecule has 0 aromatic heterocycles. The molecular weight excluding hydrogens is 267 g/mol. The first-order chi connectivity index (χ1) is 10.2. The number of hydrogen-bond acceptors (Lipinski definition) is 2. The average molecular weight is 292 g/mol. The van der Waals surface area contributed by atoms with Crippen molar-refractivity contribution in [1.82, 2.24) is 5.32 Å². The molecule has 0 heterocycles. The van der Waals surface area contributed by atoms with Gasteiger partial charge in [-0.2, -0.15) is 0 Å². The SMILES string of the molecule is CCNc1c(F)cccc1C(=O)NCCCC1CCCC1. The lowest BCUT2D eigenvalue weighted by Gasteiger charge is -2.13. The summed E-state index contributed by atoms with van der Waals surface area (Å²) < 4.78 is 13.7. The van der Waals surface area contributed by atoms with Gasteiger partial charge in [0.25, 0.3) is 5.91 Å². The fourth-order valence-corrected chi connectivity index (χ4v) is 3.06. The van der Waals surface area contributed by atoms with Crippen molar-refractivity contribution in [1.29, 1.82) is 0 Å². The number of para-hydroxylation sites is 1. The Morgan fingerprint density at radius 3 is 2.81 bits per heavy atom. The van der Waals surface area contributed by atoms with Gasteiger partial charge >= 0.3 is 0 Å². The first-order valence-corrected chi connectivity index (χ1v) is 8.03. The molecule has 0 bridgehead atoms. The third kappa shape index (κ3) is 4.45. The second-order valence-corrected chi connectivity index (χ2v) is 5.74. The van der Waals surface area contributed by atoms with Gasteiger partial charge < -0.3 is 10.6 Å². The molecule has 1 aromatic rings. The van der Waals surface area contributed by atoms with E-state index >= 15 is 0 Å². The van der Waals surface area contributed by atoms with E-state index < -0.39 is 0 Å². The largest absolute Gasteiger partial charge is 0.382 e. The molecular formula is C17H25FN2O. The minimum absolute atomic E-state index is 0.197. The van der Waals surface area contributed by atoms with E-state index in [0.29, 0.717) is 24.3 Å². The van der Waals surface area contributed by atoms with E-state index in [1.807, 2.05) is 6.92 Å². The van der Waals surface area contributed by atoms with Crippen LogP contribution in [0.2, 0.25) is 0 Å². The van der Waals surface area contributed by atoms with Crippen LogP contribution in [0.3, 0.4) is 0 Å². The number of amides is 1. The van der Waals surface area contributed by atoms with Crippen LogP contribution in [-0.4, -0.2) is 19.0 Å². The number of rotatable bonds is 7. The normalized spacial score (nSPS) is 15.1. The van der Waals surface area contributed by atoms with Crippen LogP contribution in [0, 0.1) is 11.7 Å². The zero-order chi connectivity index (χ0) is 15.1. The monoisotopic (exact) mass is 292 g/mol. The van der Waals surface area contributed by atoms with Crippen molar-refractivity contribution in [3.8, 4) is 0 Å². The van der Waals surface area contributed by atoms with Gasteiger partial charge in [0.1, 0.15) is 5.82 Å². The molecule has 2 rings (SSSR count). The summed E-state index contributed by atoms with van der Waals surface area (Å²) in [6.45, 7) is 3.13. The Morgan fingerprint density at radius 2 is 2.10 bits per heavy atom. The molecule has 1 aliphatic carbocycles. The maximum atomic E-state index is 13.7. The Hall–Kier alpha value is -1.58. The first-order valence-electron chi connectivity index (χ1n) is 8.03. The molecule has 2 N–H and O–H groups in total. The van der Waals surface area contributed by atoms with Gasteiger partial charge in [0.2, 0.25) is 0 Å². The molecule has 1 fully saturated rings. The van der Waals surface area contributed by atoms with Gasteiger partial charge in [-0.25, -0.2) is 4.39 Å². The van der Waals surface area contributed by atoms with Gasteiger partial charge in [-0.3, -0.25) is 4.79 Å². The predicted octanol–water partition coefficient (Wildman–Crippen LogP) is 3.96. The van der Waals surface area contributed by atoms with Gasteiger partial charge in [-0.1, -0.05) is 31.7 Å². The van der Waals surface area contributed by atoms with E-state index in [4.69, 9.17) is 0 Å². The van der Waals surface area contributed by atoms with E-state index in [-0.39, 0.29) is 11.7 Å². The molecule has 1 saturated carbocycles. The summed E-state index contributed by atoms with van der Waals surface area (Å²) >= 11 is 0. The molecule has 116 valence electrons. The minimum Gasteiger partial charge on any atom is -0.382 e. The van der Waals surface area contributed by atoms with Crippen LogP contribution < -0.4 is 10.6 Å². The molecule has 1 aromatic carbocycles. The summed E-state index contributed by atoms with van der Waals surface area (Å²) in [5.41, 5.74) is 0.686. The van der Waals surface area contributed by atoms with E-state index in [0.717, 1.165) is 12.3 Å². The van der Waals surface area contributed by atoms with Crippen LogP contribution in [0.1, 0.15) is 55.8 Å². The smallest absolute Gasteiger partial charge is 0.253 e. The first kappa shape index (κ1) is 15.8. The predicted molar refractivity (Wildman–Crippen MR) is 84.1 cm³/mol. The highest BCUT2D eigenvalue weighted by Crippen LogP contribution is 2.28. The van der Waals surface area contributed by atoms with Crippen molar-refractivity contribution in [3.63, 3.8) is 0 Å². The molecule has 0 aliphatic heterocycles. The van der Waals surface area contributed by atoms with Crippen LogP contribution in [0.15, 0.2) is 18.2 Å². The maximum absolute atomic E-state index is 13.7. The van der Waals surface area contributed by atoms with Crippen LogP contribution in [-0.2, 0) is 0 Å². The van der Waals surface area contributed by atoms with Crippen molar-refractivity contribution in [3.05, 3.63) is 29.6 Å². The molecule has 1 aliphatic rings. The summed E-state index contributed by atoms with van der Waals surface area (Å²) in [7, 11) is 0. The molecule has 0 radical (unpaired) electrons. The number of halogens is 1. The minimum atomic E-state index is -0.379. The molecule has 3 nitrogen and oxygen atoms in total. The number of carbonyl (C=O) groups excluding carboxylic acids is 1. The molecule has 0 unspecified atom stereocenters. The van der Waals surface area contributed by atoms with E-state index in [1.54, 1.807) is 12.1 Å². The lowest BCUT2D eigenvalue weighted by Crippen LogP contribution is -2.26. The molecule has 0 spiro atoms. The highest BCUT2D eigenvalue weighted by molar-refractivity contribution is 5.99. The molecule has 21 heavy (non-hydrogen) atoms. The third-order valence-corrected chi connectivity index (χ3v) is 4.16. The maximum Gasteiger partial charge on any atom is 0.253 e. The summed E-state index contributed by atoms with van der Waals surface area (Å²) in [5.74, 6) is 0.265. The van der Waals surface area contributed by atoms with Crippen molar-refractivity contribution in [2.75, 3.05) is 18.4 Å². The third-order valence-electron chi connectivity index (χ3n) is 4.16. The topological polar surface area (TPSA) is 41.1 Å². The highest BCUT2D eigenvalue weighted by Gasteiger charge is 2.16. The zero-order valence-electron chi connectivity index (χ0n) is 12.8. The molecule has 4 heteroatoms. The molecule has 0 saturated heterocycles. The standard InChI is InChI=1S/C17H25FN2O/c1-2-19-16-14(10-5-11-15(16)18)17(21)20-12-6-9-13-7-3-4-8-13/h5,10-11,13,19H,2-4,6-9,12H2,1H3,(H,20,21). The van der Waals surface area contributed by atoms with Crippen LogP contribution in [0.5, 0.6) is 0 Å². The van der Waals surface area contributed by atoms with Gasteiger partial charge in [-0.05, 0) is 37.8 Å². The van der Waals surface area contributed by atoms with Gasteiger partial charge in [0.15, 0.2) is 0 Å².